The Hall–Kier alpha value is -1.76. The van der Waals surface area contributed by atoms with Crippen LogP contribution in [0.15, 0.2) is 10.7 Å². The van der Waals surface area contributed by atoms with Gasteiger partial charge in [0.2, 0.25) is 11.7 Å². The Morgan fingerprint density at radius 1 is 1.44 bits per heavy atom. The van der Waals surface area contributed by atoms with Crippen molar-refractivity contribution >= 4 is 0 Å². The van der Waals surface area contributed by atoms with Crippen LogP contribution in [-0.4, -0.2) is 38.1 Å². The lowest BCUT2D eigenvalue weighted by molar-refractivity contribution is 0.354. The van der Waals surface area contributed by atoms with E-state index in [1.165, 1.54) is 0 Å². The molecule has 0 radical (unpaired) electrons. The summed E-state index contributed by atoms with van der Waals surface area (Å²) < 4.78 is 5.22. The lowest BCUT2D eigenvalue weighted by Gasteiger charge is -2.13. The first-order valence-electron chi connectivity index (χ1n) is 6.25. The third kappa shape index (κ3) is 3.13. The highest BCUT2D eigenvalue weighted by atomic mass is 16.5. The van der Waals surface area contributed by atoms with Crippen molar-refractivity contribution in [3.8, 4) is 11.5 Å². The van der Waals surface area contributed by atoms with Gasteiger partial charge in [-0.15, -0.1) is 0 Å². The molecule has 0 aliphatic heterocycles. The summed E-state index contributed by atoms with van der Waals surface area (Å²) in [5.41, 5.74) is 0.597. The van der Waals surface area contributed by atoms with Gasteiger partial charge in [-0.2, -0.15) is 20.4 Å². The highest BCUT2D eigenvalue weighted by Gasteiger charge is 2.14. The van der Waals surface area contributed by atoms with E-state index in [2.05, 4.69) is 44.7 Å². The fraction of sp³-hybridized carbons (Fsp3) is 0.636. The van der Waals surface area contributed by atoms with E-state index in [1.807, 2.05) is 0 Å². The van der Waals surface area contributed by atoms with E-state index in [9.17, 15) is 0 Å². The third-order valence-corrected chi connectivity index (χ3v) is 2.71. The van der Waals surface area contributed by atoms with Crippen molar-refractivity contribution in [1.29, 1.82) is 0 Å². The Kier molecular flexibility index (Phi) is 4.40. The molecule has 2 heterocycles. The van der Waals surface area contributed by atoms with E-state index < -0.39 is 0 Å². The van der Waals surface area contributed by atoms with Crippen LogP contribution in [0.3, 0.4) is 0 Å². The van der Waals surface area contributed by atoms with E-state index in [4.69, 9.17) is 4.52 Å². The minimum Gasteiger partial charge on any atom is -0.339 e. The second-order valence-electron chi connectivity index (χ2n) is 4.13. The third-order valence-electron chi connectivity index (χ3n) is 2.71. The molecule has 0 saturated carbocycles. The fourth-order valence-electron chi connectivity index (χ4n) is 1.67. The fourth-order valence-corrected chi connectivity index (χ4v) is 1.67. The van der Waals surface area contributed by atoms with Crippen LogP contribution in [0.1, 0.15) is 32.6 Å². The average Bonchev–Trinajstić information content (AvgIpc) is 3.04. The summed E-state index contributed by atoms with van der Waals surface area (Å²) in [6, 6.07) is 0.371. The lowest BCUT2D eigenvalue weighted by Crippen LogP contribution is -2.31. The van der Waals surface area contributed by atoms with E-state index in [0.717, 1.165) is 25.8 Å². The first-order valence-corrected chi connectivity index (χ1v) is 6.25. The summed E-state index contributed by atoms with van der Waals surface area (Å²) in [6.07, 6.45) is 4.45. The molecule has 0 aromatic carbocycles. The first kappa shape index (κ1) is 12.7. The van der Waals surface area contributed by atoms with Gasteiger partial charge in [-0.25, -0.2) is 0 Å². The molecule has 0 aliphatic carbocycles. The Morgan fingerprint density at radius 2 is 2.33 bits per heavy atom. The molecule has 18 heavy (non-hydrogen) atoms. The lowest BCUT2D eigenvalue weighted by atomic mass is 10.1. The van der Waals surface area contributed by atoms with Crippen molar-refractivity contribution < 1.29 is 4.52 Å². The van der Waals surface area contributed by atoms with E-state index in [0.29, 0.717) is 23.5 Å². The molecule has 98 valence electrons. The van der Waals surface area contributed by atoms with E-state index in [1.54, 1.807) is 6.20 Å². The smallest absolute Gasteiger partial charge is 0.228 e. The van der Waals surface area contributed by atoms with Crippen molar-refractivity contribution in [3.63, 3.8) is 0 Å². The topological polar surface area (TPSA) is 92.5 Å². The van der Waals surface area contributed by atoms with Crippen LogP contribution >= 0.6 is 0 Å². The standard InChI is InChI=1S/C11H18N6O/c1-3-5-12-8(4-2)6-10-14-11(16-18-10)9-7-13-17-15-9/h7-8,12H,3-6H2,1-2H3,(H,13,15,17). The minimum absolute atomic E-state index is 0.371. The van der Waals surface area contributed by atoms with Gasteiger partial charge < -0.3 is 9.84 Å². The zero-order chi connectivity index (χ0) is 12.8. The Bertz CT molecular complexity index is 452. The van der Waals surface area contributed by atoms with Gasteiger partial charge in [0.1, 0.15) is 0 Å². The molecule has 0 fully saturated rings. The van der Waals surface area contributed by atoms with Crippen LogP contribution in [0.5, 0.6) is 0 Å². The molecule has 0 spiro atoms. The van der Waals surface area contributed by atoms with Crippen molar-refractivity contribution in [2.24, 2.45) is 0 Å². The average molecular weight is 250 g/mol. The number of rotatable bonds is 7. The first-order chi connectivity index (χ1) is 8.83. The van der Waals surface area contributed by atoms with Gasteiger partial charge in [-0.05, 0) is 19.4 Å². The van der Waals surface area contributed by atoms with Gasteiger partial charge in [0.15, 0.2) is 5.69 Å². The van der Waals surface area contributed by atoms with E-state index >= 15 is 0 Å². The van der Waals surface area contributed by atoms with Crippen molar-refractivity contribution in [3.05, 3.63) is 12.1 Å². The van der Waals surface area contributed by atoms with Crippen LogP contribution in [-0.2, 0) is 6.42 Å². The van der Waals surface area contributed by atoms with E-state index in [-0.39, 0.29) is 0 Å². The molecule has 2 aromatic rings. The van der Waals surface area contributed by atoms with Gasteiger partial charge in [-0.3, -0.25) is 0 Å². The maximum atomic E-state index is 5.22. The molecule has 1 atom stereocenters. The number of hydrogen-bond donors (Lipinski definition) is 2. The molecule has 2 rings (SSSR count). The number of nitrogens with one attached hydrogen (secondary N) is 2. The molecule has 7 heteroatoms. The molecule has 0 amide bonds. The molecule has 2 N–H and O–H groups in total. The molecular weight excluding hydrogens is 232 g/mol. The zero-order valence-electron chi connectivity index (χ0n) is 10.7. The van der Waals surface area contributed by atoms with Crippen molar-refractivity contribution in [1.82, 2.24) is 30.9 Å². The van der Waals surface area contributed by atoms with Crippen molar-refractivity contribution in [2.45, 2.75) is 39.2 Å². The maximum Gasteiger partial charge on any atom is 0.228 e. The molecule has 1 unspecified atom stereocenters. The second kappa shape index (κ2) is 6.25. The van der Waals surface area contributed by atoms with Crippen LogP contribution < -0.4 is 5.32 Å². The van der Waals surface area contributed by atoms with Crippen LogP contribution in [0.4, 0.5) is 0 Å². The largest absolute Gasteiger partial charge is 0.339 e. The molecule has 2 aromatic heterocycles. The molecule has 0 saturated heterocycles. The number of aromatic amines is 1. The maximum absolute atomic E-state index is 5.22. The summed E-state index contributed by atoms with van der Waals surface area (Å²) in [6.45, 7) is 5.29. The quantitative estimate of drug-likeness (QED) is 0.766. The summed E-state index contributed by atoms with van der Waals surface area (Å²) in [5.74, 6) is 1.10. The highest BCUT2D eigenvalue weighted by Crippen LogP contribution is 2.12. The number of nitrogens with zero attached hydrogens (tertiary/aromatic N) is 4. The summed E-state index contributed by atoms with van der Waals surface area (Å²) in [4.78, 5) is 4.31. The van der Waals surface area contributed by atoms with Gasteiger partial charge in [-0.1, -0.05) is 19.0 Å². The Morgan fingerprint density at radius 3 is 3.00 bits per heavy atom. The Balaban J connectivity index is 1.97. The van der Waals surface area contributed by atoms with Crippen molar-refractivity contribution in [2.75, 3.05) is 6.54 Å². The van der Waals surface area contributed by atoms with Crippen LogP contribution in [0.2, 0.25) is 0 Å². The van der Waals surface area contributed by atoms with Gasteiger partial charge >= 0.3 is 0 Å². The normalized spacial score (nSPS) is 12.8. The summed E-state index contributed by atoms with van der Waals surface area (Å²) in [5, 5.41) is 17.5. The number of H-pyrrole nitrogens is 1. The van der Waals surface area contributed by atoms with Crippen LogP contribution in [0, 0.1) is 0 Å². The summed E-state index contributed by atoms with van der Waals surface area (Å²) >= 11 is 0. The van der Waals surface area contributed by atoms with Crippen LogP contribution in [0.25, 0.3) is 11.5 Å². The van der Waals surface area contributed by atoms with Gasteiger partial charge in [0, 0.05) is 12.5 Å². The second-order valence-corrected chi connectivity index (χ2v) is 4.13. The molecule has 0 bridgehead atoms. The minimum atomic E-state index is 0.371. The number of aromatic nitrogens is 5. The predicted octanol–water partition coefficient (Wildman–Crippen LogP) is 1.18. The zero-order valence-corrected chi connectivity index (χ0v) is 10.7. The number of hydrogen-bond acceptors (Lipinski definition) is 6. The predicted molar refractivity (Wildman–Crippen MR) is 65.8 cm³/mol. The van der Waals surface area contributed by atoms with Gasteiger partial charge in [0.25, 0.3) is 0 Å². The highest BCUT2D eigenvalue weighted by molar-refractivity contribution is 5.44. The molecule has 0 aliphatic rings. The molecular formula is C11H18N6O. The molecule has 7 nitrogen and oxygen atoms in total. The monoisotopic (exact) mass is 250 g/mol. The summed E-state index contributed by atoms with van der Waals surface area (Å²) in [7, 11) is 0. The SMILES string of the molecule is CCCNC(CC)Cc1nc(-c2cn[nH]n2)no1. The van der Waals surface area contributed by atoms with Gasteiger partial charge in [0.05, 0.1) is 6.20 Å². The Labute approximate surface area is 105 Å².